The molecule has 0 saturated carbocycles. The Balaban J connectivity index is 1.65. The second kappa shape index (κ2) is 11.5. The standard InChI is InChI=1S/C24H26N4O6S/c1-14-6-8-19(9-7-14)34-15(2)21-26-27-24(28(21)3)35-13-20(29)25-18-11-16(22(30)32-4)10-17(12-18)23(31)33-5/h6-12,15H,13H2,1-5H3,(H,25,29). The van der Waals surface area contributed by atoms with Crippen LogP contribution >= 0.6 is 11.8 Å². The molecule has 0 saturated heterocycles. The Morgan fingerprint density at radius 1 is 1.00 bits per heavy atom. The van der Waals surface area contributed by atoms with E-state index in [0.717, 1.165) is 11.3 Å². The Kier molecular flexibility index (Phi) is 8.48. The fraction of sp³-hybridized carbons (Fsp3) is 0.292. The molecule has 10 nitrogen and oxygen atoms in total. The average Bonchev–Trinajstić information content (AvgIpc) is 3.23. The number of thioether (sulfide) groups is 1. The van der Waals surface area contributed by atoms with Gasteiger partial charge in [0.15, 0.2) is 17.1 Å². The molecule has 35 heavy (non-hydrogen) atoms. The van der Waals surface area contributed by atoms with E-state index >= 15 is 0 Å². The fourth-order valence-electron chi connectivity index (χ4n) is 3.18. The van der Waals surface area contributed by atoms with Gasteiger partial charge in [0, 0.05) is 12.7 Å². The number of carbonyl (C=O) groups is 3. The number of carbonyl (C=O) groups excluding carboxylic acids is 3. The Morgan fingerprint density at radius 2 is 1.60 bits per heavy atom. The van der Waals surface area contributed by atoms with Crippen LogP contribution in [-0.4, -0.2) is 52.6 Å². The van der Waals surface area contributed by atoms with E-state index in [2.05, 4.69) is 15.5 Å². The molecule has 0 bridgehead atoms. The Morgan fingerprint density at radius 3 is 2.17 bits per heavy atom. The van der Waals surface area contributed by atoms with Crippen molar-refractivity contribution < 1.29 is 28.6 Å². The van der Waals surface area contributed by atoms with Crippen molar-refractivity contribution >= 4 is 35.3 Å². The van der Waals surface area contributed by atoms with Crippen molar-refractivity contribution in [1.82, 2.24) is 14.8 Å². The number of methoxy groups -OCH3 is 2. The van der Waals surface area contributed by atoms with Gasteiger partial charge in [-0.25, -0.2) is 9.59 Å². The summed E-state index contributed by atoms with van der Waals surface area (Å²) in [5, 5.41) is 11.6. The molecule has 0 spiro atoms. The summed E-state index contributed by atoms with van der Waals surface area (Å²) in [4.78, 5) is 36.4. The van der Waals surface area contributed by atoms with E-state index in [0.29, 0.717) is 11.0 Å². The van der Waals surface area contributed by atoms with Crippen LogP contribution in [0.4, 0.5) is 5.69 Å². The van der Waals surface area contributed by atoms with Crippen LogP contribution in [0.2, 0.25) is 0 Å². The summed E-state index contributed by atoms with van der Waals surface area (Å²) in [7, 11) is 4.25. The van der Waals surface area contributed by atoms with Crippen LogP contribution in [0.3, 0.4) is 0 Å². The molecule has 3 aromatic rings. The number of aromatic nitrogens is 3. The van der Waals surface area contributed by atoms with E-state index in [-0.39, 0.29) is 34.6 Å². The molecule has 1 atom stereocenters. The van der Waals surface area contributed by atoms with Gasteiger partial charge in [0.2, 0.25) is 5.91 Å². The Labute approximate surface area is 207 Å². The number of hydrogen-bond acceptors (Lipinski definition) is 9. The molecule has 1 heterocycles. The van der Waals surface area contributed by atoms with E-state index in [1.54, 1.807) is 11.6 Å². The third-order valence-corrected chi connectivity index (χ3v) is 5.98. The second-order valence-corrected chi connectivity index (χ2v) is 8.53. The number of esters is 2. The van der Waals surface area contributed by atoms with Crippen molar-refractivity contribution in [3.8, 4) is 5.75 Å². The highest BCUT2D eigenvalue weighted by Crippen LogP contribution is 2.24. The van der Waals surface area contributed by atoms with Crippen molar-refractivity contribution in [2.24, 2.45) is 7.05 Å². The van der Waals surface area contributed by atoms with Gasteiger partial charge in [-0.1, -0.05) is 29.5 Å². The van der Waals surface area contributed by atoms with Crippen LogP contribution in [0.15, 0.2) is 47.6 Å². The van der Waals surface area contributed by atoms with Crippen molar-refractivity contribution in [3.63, 3.8) is 0 Å². The summed E-state index contributed by atoms with van der Waals surface area (Å²) in [5.41, 5.74) is 1.62. The molecule has 2 aromatic carbocycles. The van der Waals surface area contributed by atoms with Gasteiger partial charge in [0.25, 0.3) is 0 Å². The molecule has 1 amide bonds. The fourth-order valence-corrected chi connectivity index (χ4v) is 3.90. The van der Waals surface area contributed by atoms with Crippen LogP contribution in [0.1, 0.15) is 45.1 Å². The lowest BCUT2D eigenvalue weighted by Gasteiger charge is -2.14. The van der Waals surface area contributed by atoms with Crippen LogP contribution in [0.25, 0.3) is 0 Å². The van der Waals surface area contributed by atoms with Crippen LogP contribution in [0, 0.1) is 6.92 Å². The van der Waals surface area contributed by atoms with Gasteiger partial charge in [0.1, 0.15) is 5.75 Å². The Hall–Kier alpha value is -3.86. The van der Waals surface area contributed by atoms with Gasteiger partial charge >= 0.3 is 11.9 Å². The molecule has 0 aliphatic rings. The first-order valence-corrected chi connectivity index (χ1v) is 11.6. The first kappa shape index (κ1) is 25.8. The maximum atomic E-state index is 12.6. The summed E-state index contributed by atoms with van der Waals surface area (Å²) < 4.78 is 17.1. The third kappa shape index (κ3) is 6.60. The van der Waals surface area contributed by atoms with Gasteiger partial charge in [0.05, 0.1) is 31.1 Å². The SMILES string of the molecule is COC(=O)c1cc(NC(=O)CSc2nnc(C(C)Oc3ccc(C)cc3)n2C)cc(C(=O)OC)c1. The van der Waals surface area contributed by atoms with E-state index < -0.39 is 11.9 Å². The molecule has 0 radical (unpaired) electrons. The van der Waals surface area contributed by atoms with Crippen molar-refractivity contribution in [2.75, 3.05) is 25.3 Å². The predicted molar refractivity (Wildman–Crippen MR) is 130 cm³/mol. The zero-order valence-corrected chi connectivity index (χ0v) is 20.8. The lowest BCUT2D eigenvalue weighted by molar-refractivity contribution is -0.113. The van der Waals surface area contributed by atoms with E-state index in [1.807, 2.05) is 38.1 Å². The molecule has 184 valence electrons. The molecule has 0 fully saturated rings. The quantitative estimate of drug-likeness (QED) is 0.348. The molecule has 3 rings (SSSR count). The number of aryl methyl sites for hydroxylation is 1. The van der Waals surface area contributed by atoms with Crippen LogP contribution < -0.4 is 10.1 Å². The summed E-state index contributed by atoms with van der Waals surface area (Å²) in [6.07, 6.45) is -0.351. The minimum Gasteiger partial charge on any atom is -0.483 e. The summed E-state index contributed by atoms with van der Waals surface area (Å²) in [5.74, 6) is -0.290. The van der Waals surface area contributed by atoms with E-state index in [1.165, 1.54) is 44.2 Å². The normalized spacial score (nSPS) is 11.5. The molecular weight excluding hydrogens is 472 g/mol. The molecule has 11 heteroatoms. The molecule has 1 N–H and O–H groups in total. The zero-order valence-electron chi connectivity index (χ0n) is 20.0. The minimum atomic E-state index is -0.644. The first-order chi connectivity index (χ1) is 16.7. The molecule has 1 aromatic heterocycles. The number of benzene rings is 2. The van der Waals surface area contributed by atoms with Gasteiger partial charge in [-0.3, -0.25) is 4.79 Å². The summed E-state index contributed by atoms with van der Waals surface area (Å²) >= 11 is 1.19. The number of rotatable bonds is 9. The zero-order chi connectivity index (χ0) is 25.5. The number of amides is 1. The highest BCUT2D eigenvalue weighted by Gasteiger charge is 2.19. The molecule has 1 unspecified atom stereocenters. The van der Waals surface area contributed by atoms with Crippen molar-refractivity contribution in [2.45, 2.75) is 25.1 Å². The number of ether oxygens (including phenoxy) is 3. The van der Waals surface area contributed by atoms with Crippen molar-refractivity contribution in [1.29, 1.82) is 0 Å². The van der Waals surface area contributed by atoms with Crippen LogP contribution in [-0.2, 0) is 21.3 Å². The van der Waals surface area contributed by atoms with Gasteiger partial charge in [-0.05, 0) is 44.2 Å². The number of anilines is 1. The van der Waals surface area contributed by atoms with Crippen molar-refractivity contribution in [3.05, 3.63) is 65.0 Å². The Bertz CT molecular complexity index is 1190. The van der Waals surface area contributed by atoms with E-state index in [4.69, 9.17) is 14.2 Å². The van der Waals surface area contributed by atoms with Gasteiger partial charge in [-0.2, -0.15) is 0 Å². The highest BCUT2D eigenvalue weighted by molar-refractivity contribution is 7.99. The molecule has 0 aliphatic heterocycles. The van der Waals surface area contributed by atoms with Gasteiger partial charge < -0.3 is 24.1 Å². The summed E-state index contributed by atoms with van der Waals surface area (Å²) in [6.45, 7) is 3.88. The predicted octanol–water partition coefficient (Wildman–Crippen LogP) is 3.57. The maximum Gasteiger partial charge on any atom is 0.337 e. The topological polar surface area (TPSA) is 122 Å². The number of nitrogens with one attached hydrogen (secondary N) is 1. The lowest BCUT2D eigenvalue weighted by atomic mass is 10.1. The first-order valence-electron chi connectivity index (χ1n) is 10.6. The largest absolute Gasteiger partial charge is 0.483 e. The van der Waals surface area contributed by atoms with Crippen LogP contribution in [0.5, 0.6) is 5.75 Å². The van der Waals surface area contributed by atoms with Gasteiger partial charge in [-0.15, -0.1) is 10.2 Å². The number of nitrogens with zero attached hydrogens (tertiary/aromatic N) is 3. The third-order valence-electron chi connectivity index (χ3n) is 4.96. The monoisotopic (exact) mass is 498 g/mol. The molecule has 0 aliphatic carbocycles. The summed E-state index contributed by atoms with van der Waals surface area (Å²) in [6, 6.07) is 11.9. The van der Waals surface area contributed by atoms with E-state index in [9.17, 15) is 14.4 Å². The lowest BCUT2D eigenvalue weighted by Crippen LogP contribution is -2.16. The second-order valence-electron chi connectivity index (χ2n) is 7.59. The maximum absolute atomic E-state index is 12.6. The molecular formula is C24H26N4O6S. The highest BCUT2D eigenvalue weighted by atomic mass is 32.2. The average molecular weight is 499 g/mol. The minimum absolute atomic E-state index is 0.0230. The number of hydrogen-bond donors (Lipinski definition) is 1. The smallest absolute Gasteiger partial charge is 0.337 e.